The van der Waals surface area contributed by atoms with E-state index >= 15 is 4.39 Å². The minimum atomic E-state index is -2.80. The molecule has 0 spiro atoms. The van der Waals surface area contributed by atoms with Gasteiger partial charge in [0.2, 0.25) is 0 Å². The molecule has 1 aliphatic heterocycles. The summed E-state index contributed by atoms with van der Waals surface area (Å²) in [5, 5.41) is 10.6. The smallest absolute Gasteiger partial charge is 0.464 e. The summed E-state index contributed by atoms with van der Waals surface area (Å²) in [6.45, 7) is 4.06. The molecule has 2 N–H and O–H groups in total. The number of aromatic amines is 1. The average Bonchev–Trinajstić information content (AvgIpc) is 3.10. The fraction of sp³-hybridized carbons (Fsp3) is 0.542. The largest absolute Gasteiger partial charge is 0.693 e. The van der Waals surface area contributed by atoms with Crippen molar-refractivity contribution in [2.75, 3.05) is 13.2 Å². The molecule has 2 aromatic rings. The third-order valence-electron chi connectivity index (χ3n) is 5.94. The van der Waals surface area contributed by atoms with E-state index in [1.165, 1.54) is 6.92 Å². The highest BCUT2D eigenvalue weighted by Crippen LogP contribution is 2.41. The monoisotopic (exact) mass is 556 g/mol. The van der Waals surface area contributed by atoms with Gasteiger partial charge in [-0.05, 0) is 32.4 Å². The number of hydroxylamine groups is 1. The molecule has 0 bridgehead atoms. The molecule has 1 aromatic carbocycles. The number of aromatic nitrogens is 2. The second-order valence-electron chi connectivity index (χ2n) is 8.93. The van der Waals surface area contributed by atoms with Gasteiger partial charge >= 0.3 is 19.8 Å². The molecule has 12 nitrogen and oxygen atoms in total. The predicted octanol–water partition coefficient (Wildman–Crippen LogP) is 2.62. The van der Waals surface area contributed by atoms with Crippen molar-refractivity contribution in [3.63, 3.8) is 0 Å². The quantitative estimate of drug-likeness (QED) is 0.163. The molecule has 3 rings (SSSR count). The number of alkyl halides is 1. The van der Waals surface area contributed by atoms with Crippen molar-refractivity contribution >= 4 is 14.1 Å². The van der Waals surface area contributed by atoms with Gasteiger partial charge in [-0.25, -0.2) is 13.7 Å². The SMILES string of the molecule is CCCCCOC(=O)C(C)N(OC[C@H]1O[C@@H](n2ccc(=O)[nH]c2=O)[C@](C)(F)[C@@H]1O)[P+](=O)Oc1ccccc1. The Morgan fingerprint density at radius 1 is 1.29 bits per heavy atom. The fourth-order valence-corrected chi connectivity index (χ4v) is 4.68. The van der Waals surface area contributed by atoms with E-state index < -0.39 is 62.2 Å². The maximum atomic E-state index is 15.5. The first-order valence-corrected chi connectivity index (χ1v) is 13.3. The number of benzene rings is 1. The molecule has 1 aromatic heterocycles. The van der Waals surface area contributed by atoms with Crippen LogP contribution < -0.4 is 15.8 Å². The van der Waals surface area contributed by atoms with Gasteiger partial charge in [0.05, 0.1) is 11.4 Å². The van der Waals surface area contributed by atoms with Crippen LogP contribution in [0, 0.1) is 0 Å². The molecule has 2 heterocycles. The lowest BCUT2D eigenvalue weighted by molar-refractivity contribution is -0.181. The second-order valence-corrected chi connectivity index (χ2v) is 9.98. The summed E-state index contributed by atoms with van der Waals surface area (Å²) < 4.78 is 45.7. The van der Waals surface area contributed by atoms with Crippen molar-refractivity contribution in [1.29, 1.82) is 0 Å². The zero-order valence-electron chi connectivity index (χ0n) is 21.3. The van der Waals surface area contributed by atoms with E-state index in [0.717, 1.165) is 41.4 Å². The van der Waals surface area contributed by atoms with Crippen molar-refractivity contribution in [3.8, 4) is 5.75 Å². The van der Waals surface area contributed by atoms with Gasteiger partial charge in [-0.1, -0.05) is 38.0 Å². The zero-order chi connectivity index (χ0) is 27.9. The molecule has 0 aliphatic carbocycles. The Kier molecular flexibility index (Phi) is 10.3. The first kappa shape index (κ1) is 29.6. The van der Waals surface area contributed by atoms with Crippen LogP contribution in [-0.2, 0) is 23.7 Å². The maximum absolute atomic E-state index is 15.5. The van der Waals surface area contributed by atoms with E-state index in [1.807, 2.05) is 11.9 Å². The van der Waals surface area contributed by atoms with Gasteiger partial charge in [0.25, 0.3) is 5.56 Å². The Bertz CT molecular complexity index is 1210. The van der Waals surface area contributed by atoms with Crippen LogP contribution in [0.3, 0.4) is 0 Å². The van der Waals surface area contributed by atoms with Crippen LogP contribution in [0.25, 0.3) is 0 Å². The minimum absolute atomic E-state index is 0.168. The topological polar surface area (TPSA) is 149 Å². The zero-order valence-corrected chi connectivity index (χ0v) is 22.2. The minimum Gasteiger partial charge on any atom is -0.464 e. The highest BCUT2D eigenvalue weighted by atomic mass is 31.1. The Morgan fingerprint density at radius 3 is 2.66 bits per heavy atom. The first-order chi connectivity index (χ1) is 18.1. The number of nitrogens with one attached hydrogen (secondary N) is 1. The molecule has 1 saturated heterocycles. The summed E-state index contributed by atoms with van der Waals surface area (Å²) in [5.41, 5.74) is -4.08. The lowest BCUT2D eigenvalue weighted by Gasteiger charge is -2.24. The number of nitrogens with zero attached hydrogens (tertiary/aromatic N) is 2. The molecule has 2 unspecified atom stereocenters. The highest BCUT2D eigenvalue weighted by molar-refractivity contribution is 7.36. The van der Waals surface area contributed by atoms with Gasteiger partial charge in [0.15, 0.2) is 23.7 Å². The summed E-state index contributed by atoms with van der Waals surface area (Å²) in [5.74, 6) is -0.473. The number of unbranched alkanes of at least 4 members (excludes halogenated alkanes) is 2. The Morgan fingerprint density at radius 2 is 2.00 bits per heavy atom. The number of hydrogen-bond acceptors (Lipinski definition) is 9. The summed E-state index contributed by atoms with van der Waals surface area (Å²) in [7, 11) is -2.80. The van der Waals surface area contributed by atoms with E-state index in [2.05, 4.69) is 0 Å². The van der Waals surface area contributed by atoms with Crippen LogP contribution in [0.1, 0.15) is 46.3 Å². The molecule has 0 radical (unpaired) electrons. The van der Waals surface area contributed by atoms with Crippen molar-refractivity contribution in [2.24, 2.45) is 0 Å². The number of ether oxygens (including phenoxy) is 2. The Labute approximate surface area is 219 Å². The second kappa shape index (κ2) is 13.2. The van der Waals surface area contributed by atoms with Gasteiger partial charge in [-0.15, -0.1) is 0 Å². The molecule has 0 saturated carbocycles. The molecule has 0 amide bonds. The van der Waals surface area contributed by atoms with E-state index in [9.17, 15) is 24.1 Å². The number of H-pyrrole nitrogens is 1. The van der Waals surface area contributed by atoms with Gasteiger partial charge in [-0.3, -0.25) is 24.0 Å². The van der Waals surface area contributed by atoms with E-state index in [0.29, 0.717) is 6.42 Å². The third kappa shape index (κ3) is 7.12. The van der Waals surface area contributed by atoms with Gasteiger partial charge in [-0.2, -0.15) is 0 Å². The van der Waals surface area contributed by atoms with Crippen LogP contribution in [0.4, 0.5) is 4.39 Å². The van der Waals surface area contributed by atoms with Gasteiger partial charge < -0.3 is 14.6 Å². The molecule has 14 heteroatoms. The van der Waals surface area contributed by atoms with Crippen molar-refractivity contribution in [2.45, 2.75) is 70.2 Å². The van der Waals surface area contributed by atoms with Gasteiger partial charge in [0.1, 0.15) is 18.8 Å². The summed E-state index contributed by atoms with van der Waals surface area (Å²) >= 11 is 0. The average molecular weight is 557 g/mol. The number of rotatable bonds is 13. The van der Waals surface area contributed by atoms with E-state index in [1.54, 1.807) is 30.3 Å². The standard InChI is InChI=1S/C24H31FN3O9P/c1-4-5-9-14-34-21(31)16(2)28(38(33)37-17-10-7-6-8-11-17)35-15-18-20(30)24(3,25)22(36-18)27-13-12-19(29)26-23(27)32/h6-8,10-13,16,18,20,22,30H,4-5,9,14-15H2,1-3H3/p+1/t16?,18-,20-,22-,24-/m1/s1. The fourth-order valence-electron chi connectivity index (χ4n) is 3.76. The normalized spacial score (nSPS) is 24.3. The molecule has 38 heavy (non-hydrogen) atoms. The first-order valence-electron chi connectivity index (χ1n) is 12.2. The third-order valence-corrected chi connectivity index (χ3v) is 7.09. The maximum Gasteiger partial charge on any atom is 0.693 e. The molecular weight excluding hydrogens is 524 g/mol. The van der Waals surface area contributed by atoms with Crippen LogP contribution in [0.5, 0.6) is 5.75 Å². The lowest BCUT2D eigenvalue weighted by Crippen LogP contribution is -2.44. The molecule has 208 valence electrons. The predicted molar refractivity (Wildman–Crippen MR) is 133 cm³/mol. The molecule has 1 fully saturated rings. The van der Waals surface area contributed by atoms with Crippen molar-refractivity contribution < 1.29 is 37.7 Å². The number of halogens is 1. The van der Waals surface area contributed by atoms with Crippen LogP contribution in [0.15, 0.2) is 52.2 Å². The summed E-state index contributed by atoms with van der Waals surface area (Å²) in [6.07, 6.45) is -1.21. The number of hydrogen-bond donors (Lipinski definition) is 2. The number of aliphatic hydroxyl groups excluding tert-OH is 1. The summed E-state index contributed by atoms with van der Waals surface area (Å²) in [4.78, 5) is 44.6. The van der Waals surface area contributed by atoms with Crippen molar-refractivity contribution in [3.05, 3.63) is 63.4 Å². The molecular formula is C24H32FN3O9P+. The number of carbonyl (C=O) groups excluding carboxylic acids is 1. The highest BCUT2D eigenvalue weighted by Gasteiger charge is 2.56. The summed E-state index contributed by atoms with van der Waals surface area (Å²) in [6, 6.07) is 8.00. The molecule has 6 atom stereocenters. The Hall–Kier alpha value is -2.96. The number of aliphatic hydroxyl groups is 1. The van der Waals surface area contributed by atoms with Crippen molar-refractivity contribution in [1.82, 2.24) is 14.4 Å². The number of esters is 1. The van der Waals surface area contributed by atoms with Gasteiger partial charge in [0, 0.05) is 16.8 Å². The number of carbonyl (C=O) groups is 1. The lowest BCUT2D eigenvalue weighted by atomic mass is 9.98. The Balaban J connectivity index is 1.75. The number of para-hydroxylation sites is 1. The van der Waals surface area contributed by atoms with E-state index in [4.69, 9.17) is 18.8 Å². The van der Waals surface area contributed by atoms with E-state index in [-0.39, 0.29) is 12.4 Å². The van der Waals surface area contributed by atoms with Crippen LogP contribution >= 0.6 is 8.18 Å². The van der Waals surface area contributed by atoms with Crippen LogP contribution in [-0.4, -0.2) is 62.6 Å². The van der Waals surface area contributed by atoms with Crippen LogP contribution in [0.2, 0.25) is 0 Å². The molecule has 1 aliphatic rings.